The van der Waals surface area contributed by atoms with Crippen LogP contribution in [0.5, 0.6) is 5.75 Å². The molecule has 2 aromatic carbocycles. The van der Waals surface area contributed by atoms with Crippen LogP contribution in [0, 0.1) is 6.92 Å². The molecule has 2 atom stereocenters. The highest BCUT2D eigenvalue weighted by molar-refractivity contribution is 5.96. The molecule has 1 N–H and O–H groups in total. The largest absolute Gasteiger partial charge is 0.496 e. The second-order valence-electron chi connectivity index (χ2n) is 8.22. The van der Waals surface area contributed by atoms with Gasteiger partial charge < -0.3 is 19.5 Å². The van der Waals surface area contributed by atoms with Gasteiger partial charge in [-0.05, 0) is 37.5 Å². The Morgan fingerprint density at radius 1 is 1.14 bits per heavy atom. The van der Waals surface area contributed by atoms with Crippen LogP contribution in [0.1, 0.15) is 53.3 Å². The predicted octanol–water partition coefficient (Wildman–Crippen LogP) is 3.89. The van der Waals surface area contributed by atoms with E-state index in [4.69, 9.17) is 9.47 Å². The number of carbonyl (C=O) groups excluding carboxylic acids is 1. The number of rotatable bonds is 3. The molecule has 2 aromatic rings. The highest BCUT2D eigenvalue weighted by atomic mass is 16.5. The number of aliphatic hydroxyl groups excluding tert-OH is 1. The van der Waals surface area contributed by atoms with Gasteiger partial charge in [0, 0.05) is 37.1 Å². The first-order valence-electron chi connectivity index (χ1n) is 10.3. The van der Waals surface area contributed by atoms with E-state index in [0.717, 1.165) is 29.7 Å². The van der Waals surface area contributed by atoms with E-state index in [1.54, 1.807) is 7.11 Å². The van der Waals surface area contributed by atoms with Crippen LogP contribution < -0.4 is 4.74 Å². The van der Waals surface area contributed by atoms with Gasteiger partial charge in [0.2, 0.25) is 0 Å². The van der Waals surface area contributed by atoms with Crippen molar-refractivity contribution in [3.05, 3.63) is 65.2 Å². The topological polar surface area (TPSA) is 59.0 Å². The fourth-order valence-corrected chi connectivity index (χ4v) is 4.71. The molecule has 0 unspecified atom stereocenters. The zero-order valence-electron chi connectivity index (χ0n) is 17.1. The highest BCUT2D eigenvalue weighted by Gasteiger charge is 2.44. The average Bonchev–Trinajstić information content (AvgIpc) is 2.74. The summed E-state index contributed by atoms with van der Waals surface area (Å²) in [5, 5.41) is 10.5. The summed E-state index contributed by atoms with van der Waals surface area (Å²) in [6, 6.07) is 15.7. The van der Waals surface area contributed by atoms with Crippen LogP contribution >= 0.6 is 0 Å². The van der Waals surface area contributed by atoms with E-state index >= 15 is 0 Å². The maximum atomic E-state index is 13.1. The van der Waals surface area contributed by atoms with Gasteiger partial charge >= 0.3 is 0 Å². The minimum absolute atomic E-state index is 0.0345. The molecule has 5 heteroatoms. The molecule has 2 aliphatic heterocycles. The van der Waals surface area contributed by atoms with Gasteiger partial charge in [0.1, 0.15) is 5.75 Å². The van der Waals surface area contributed by atoms with Crippen molar-refractivity contribution in [2.24, 2.45) is 0 Å². The average molecular weight is 395 g/mol. The van der Waals surface area contributed by atoms with E-state index in [0.29, 0.717) is 31.5 Å². The number of likely N-dealkylation sites (tertiary alicyclic amines) is 1. The molecule has 1 amide bonds. The first kappa shape index (κ1) is 19.9. The molecule has 0 aliphatic carbocycles. The number of ether oxygens (including phenoxy) is 2. The fourth-order valence-electron chi connectivity index (χ4n) is 4.71. The molecule has 2 heterocycles. The van der Waals surface area contributed by atoms with Crippen LogP contribution in [0.4, 0.5) is 0 Å². The SMILES string of the molecule is COc1cccc(C(=O)N2CCC3(CC2)C[C@H](O)C[C@H](c2ccccc2)O3)c1C. The van der Waals surface area contributed by atoms with E-state index < -0.39 is 0 Å². The van der Waals surface area contributed by atoms with Crippen molar-refractivity contribution < 1.29 is 19.4 Å². The molecule has 2 fully saturated rings. The number of benzene rings is 2. The van der Waals surface area contributed by atoms with Gasteiger partial charge in [-0.25, -0.2) is 0 Å². The van der Waals surface area contributed by atoms with Crippen molar-refractivity contribution >= 4 is 5.91 Å². The van der Waals surface area contributed by atoms with Gasteiger partial charge in [0.25, 0.3) is 5.91 Å². The molecular formula is C24H29NO4. The number of methoxy groups -OCH3 is 1. The van der Waals surface area contributed by atoms with Crippen molar-refractivity contribution in [3.63, 3.8) is 0 Å². The number of hydrogen-bond acceptors (Lipinski definition) is 4. The number of aliphatic hydroxyl groups is 1. The van der Waals surface area contributed by atoms with Crippen molar-refractivity contribution in [3.8, 4) is 5.75 Å². The van der Waals surface area contributed by atoms with E-state index in [1.807, 2.05) is 48.2 Å². The Labute approximate surface area is 172 Å². The highest BCUT2D eigenvalue weighted by Crippen LogP contribution is 2.43. The van der Waals surface area contributed by atoms with E-state index in [9.17, 15) is 9.90 Å². The molecule has 0 saturated carbocycles. The Hall–Kier alpha value is -2.37. The summed E-state index contributed by atoms with van der Waals surface area (Å²) in [7, 11) is 1.62. The quantitative estimate of drug-likeness (QED) is 0.857. The van der Waals surface area contributed by atoms with Gasteiger partial charge in [-0.2, -0.15) is 0 Å². The van der Waals surface area contributed by atoms with Gasteiger partial charge in [-0.3, -0.25) is 4.79 Å². The normalized spacial score (nSPS) is 23.8. The number of amides is 1. The molecular weight excluding hydrogens is 366 g/mol. The third kappa shape index (κ3) is 4.02. The van der Waals surface area contributed by atoms with Crippen molar-refractivity contribution in [2.45, 2.75) is 50.4 Å². The number of hydrogen-bond donors (Lipinski definition) is 1. The first-order valence-corrected chi connectivity index (χ1v) is 10.3. The lowest BCUT2D eigenvalue weighted by Gasteiger charge is -2.48. The third-order valence-electron chi connectivity index (χ3n) is 6.35. The number of piperidine rings is 1. The Morgan fingerprint density at radius 2 is 1.86 bits per heavy atom. The van der Waals surface area contributed by atoms with Gasteiger partial charge in [-0.15, -0.1) is 0 Å². The smallest absolute Gasteiger partial charge is 0.254 e. The minimum atomic E-state index is -0.378. The van der Waals surface area contributed by atoms with Gasteiger partial charge in [0.15, 0.2) is 0 Å². The van der Waals surface area contributed by atoms with Crippen LogP contribution in [-0.2, 0) is 4.74 Å². The molecule has 4 rings (SSSR count). The fraction of sp³-hybridized carbons (Fsp3) is 0.458. The summed E-state index contributed by atoms with van der Waals surface area (Å²) in [4.78, 5) is 15.0. The molecule has 2 aliphatic rings. The second-order valence-corrected chi connectivity index (χ2v) is 8.22. The summed E-state index contributed by atoms with van der Waals surface area (Å²) in [6.45, 7) is 3.18. The molecule has 29 heavy (non-hydrogen) atoms. The second kappa shape index (κ2) is 8.17. The van der Waals surface area contributed by atoms with E-state index in [1.165, 1.54) is 0 Å². The molecule has 0 aromatic heterocycles. The molecule has 2 saturated heterocycles. The lowest BCUT2D eigenvalue weighted by atomic mass is 9.80. The number of nitrogens with zero attached hydrogens (tertiary/aromatic N) is 1. The molecule has 154 valence electrons. The van der Waals surface area contributed by atoms with Crippen molar-refractivity contribution in [1.29, 1.82) is 0 Å². The maximum absolute atomic E-state index is 13.1. The predicted molar refractivity (Wildman–Crippen MR) is 111 cm³/mol. The van der Waals surface area contributed by atoms with E-state index in [2.05, 4.69) is 12.1 Å². The van der Waals surface area contributed by atoms with Crippen molar-refractivity contribution in [2.75, 3.05) is 20.2 Å². The van der Waals surface area contributed by atoms with Crippen LogP contribution in [0.3, 0.4) is 0 Å². The molecule has 1 spiro atoms. The Bertz CT molecular complexity index is 858. The monoisotopic (exact) mass is 395 g/mol. The molecule has 0 bridgehead atoms. The Balaban J connectivity index is 1.46. The van der Waals surface area contributed by atoms with Crippen molar-refractivity contribution in [1.82, 2.24) is 4.90 Å². The number of carbonyl (C=O) groups is 1. The summed E-state index contributed by atoms with van der Waals surface area (Å²) in [6.07, 6.45) is 2.26. The summed E-state index contributed by atoms with van der Waals surface area (Å²) in [5.74, 6) is 0.765. The minimum Gasteiger partial charge on any atom is -0.496 e. The summed E-state index contributed by atoms with van der Waals surface area (Å²) >= 11 is 0. The lowest BCUT2D eigenvalue weighted by Crippen LogP contribution is -2.52. The van der Waals surface area contributed by atoms with Crippen LogP contribution in [0.25, 0.3) is 0 Å². The maximum Gasteiger partial charge on any atom is 0.254 e. The Morgan fingerprint density at radius 3 is 2.55 bits per heavy atom. The van der Waals surface area contributed by atoms with Crippen LogP contribution in [0.2, 0.25) is 0 Å². The zero-order valence-corrected chi connectivity index (χ0v) is 17.1. The van der Waals surface area contributed by atoms with Gasteiger partial charge in [0.05, 0.1) is 24.9 Å². The van der Waals surface area contributed by atoms with Crippen LogP contribution in [0.15, 0.2) is 48.5 Å². The molecule has 0 radical (unpaired) electrons. The van der Waals surface area contributed by atoms with Crippen LogP contribution in [-0.4, -0.2) is 47.8 Å². The van der Waals surface area contributed by atoms with Gasteiger partial charge in [-0.1, -0.05) is 36.4 Å². The van der Waals surface area contributed by atoms with E-state index in [-0.39, 0.29) is 23.7 Å². The summed E-state index contributed by atoms with van der Waals surface area (Å²) < 4.78 is 11.9. The first-order chi connectivity index (χ1) is 14.0. The zero-order chi connectivity index (χ0) is 20.4. The lowest BCUT2D eigenvalue weighted by molar-refractivity contribution is -0.181. The molecule has 5 nitrogen and oxygen atoms in total. The Kier molecular flexibility index (Phi) is 5.61. The standard InChI is InChI=1S/C24H29NO4/c1-17-20(9-6-10-21(17)28-2)23(27)25-13-11-24(12-14-25)16-19(26)15-22(29-24)18-7-4-3-5-8-18/h3-10,19,22,26H,11-16H2,1-2H3/t19-,22-/m1/s1. The summed E-state index contributed by atoms with van der Waals surface area (Å²) in [5.41, 5.74) is 2.30. The third-order valence-corrected chi connectivity index (χ3v) is 6.35.